The fourth-order valence-electron chi connectivity index (χ4n) is 3.84. The minimum Gasteiger partial charge on any atom is -0.507 e. The average Bonchev–Trinajstić information content (AvgIpc) is 3.10. The Kier molecular flexibility index (Phi) is 5.98. The van der Waals surface area contributed by atoms with E-state index in [1.807, 2.05) is 0 Å². The van der Waals surface area contributed by atoms with Crippen LogP contribution in [0.5, 0.6) is 17.2 Å². The molecule has 33 heavy (non-hydrogen) atoms. The molecule has 1 saturated heterocycles. The van der Waals surface area contributed by atoms with Gasteiger partial charge in [-0.2, -0.15) is 0 Å². The summed E-state index contributed by atoms with van der Waals surface area (Å²) in [4.78, 5) is 27.7. The lowest BCUT2D eigenvalue weighted by Gasteiger charge is -2.25. The Morgan fingerprint density at radius 2 is 1.70 bits per heavy atom. The van der Waals surface area contributed by atoms with E-state index in [1.54, 1.807) is 48.5 Å². The van der Waals surface area contributed by atoms with Crippen LogP contribution in [0.4, 0.5) is 5.69 Å². The number of amides is 1. The molecule has 168 valence electrons. The molecule has 3 aromatic carbocycles. The number of phenols is 1. The molecule has 4 rings (SSSR count). The van der Waals surface area contributed by atoms with Crippen molar-refractivity contribution in [3.05, 3.63) is 88.5 Å². The highest BCUT2D eigenvalue weighted by molar-refractivity contribution is 6.51. The quantitative estimate of drug-likeness (QED) is 0.322. The number of aliphatic hydroxyl groups excluding tert-OH is 1. The molecular formula is C25H20ClNO6. The van der Waals surface area contributed by atoms with Crippen molar-refractivity contribution in [1.82, 2.24) is 0 Å². The van der Waals surface area contributed by atoms with Gasteiger partial charge in [0, 0.05) is 5.69 Å². The molecule has 0 bridgehead atoms. The first-order valence-corrected chi connectivity index (χ1v) is 10.3. The van der Waals surface area contributed by atoms with Gasteiger partial charge in [0.2, 0.25) is 0 Å². The number of rotatable bonds is 5. The summed E-state index contributed by atoms with van der Waals surface area (Å²) in [6.45, 7) is 0. The largest absolute Gasteiger partial charge is 0.507 e. The SMILES string of the molecule is COc1ccc(OC)c(/C(O)=C2\C(=O)C(=O)N(c3ccccc3)C2c2ccc(O)c(Cl)c2)c1. The van der Waals surface area contributed by atoms with Gasteiger partial charge in [-0.05, 0) is 48.0 Å². The number of nitrogens with zero attached hydrogens (tertiary/aromatic N) is 1. The number of aliphatic hydroxyl groups is 1. The van der Waals surface area contributed by atoms with Crippen molar-refractivity contribution in [2.45, 2.75) is 6.04 Å². The van der Waals surface area contributed by atoms with Gasteiger partial charge in [0.25, 0.3) is 11.7 Å². The lowest BCUT2D eigenvalue weighted by Crippen LogP contribution is -2.29. The van der Waals surface area contributed by atoms with Crippen molar-refractivity contribution in [3.63, 3.8) is 0 Å². The van der Waals surface area contributed by atoms with Crippen LogP contribution in [0.1, 0.15) is 17.2 Å². The van der Waals surface area contributed by atoms with Crippen molar-refractivity contribution in [2.24, 2.45) is 0 Å². The number of anilines is 1. The third-order valence-electron chi connectivity index (χ3n) is 5.43. The van der Waals surface area contributed by atoms with E-state index in [-0.39, 0.29) is 21.9 Å². The summed E-state index contributed by atoms with van der Waals surface area (Å²) >= 11 is 6.14. The molecule has 1 heterocycles. The predicted molar refractivity (Wildman–Crippen MR) is 124 cm³/mol. The summed E-state index contributed by atoms with van der Waals surface area (Å²) < 4.78 is 10.6. The molecule has 0 aromatic heterocycles. The third-order valence-corrected chi connectivity index (χ3v) is 5.73. The van der Waals surface area contributed by atoms with Gasteiger partial charge in [-0.25, -0.2) is 0 Å². The van der Waals surface area contributed by atoms with Gasteiger partial charge in [0.15, 0.2) is 0 Å². The second-order valence-corrected chi connectivity index (χ2v) is 7.69. The molecule has 3 aromatic rings. The highest BCUT2D eigenvalue weighted by atomic mass is 35.5. The molecule has 1 aliphatic rings. The lowest BCUT2D eigenvalue weighted by molar-refractivity contribution is -0.132. The number of Topliss-reactive ketones (excluding diaryl/α,β-unsaturated/α-hetero) is 1. The van der Waals surface area contributed by atoms with Crippen LogP contribution in [0.25, 0.3) is 5.76 Å². The smallest absolute Gasteiger partial charge is 0.300 e. The van der Waals surface area contributed by atoms with Crippen molar-refractivity contribution in [1.29, 1.82) is 0 Å². The zero-order chi connectivity index (χ0) is 23.7. The van der Waals surface area contributed by atoms with Crippen LogP contribution in [0.2, 0.25) is 5.02 Å². The number of phenolic OH excluding ortho intramolecular Hbond substituents is 1. The van der Waals surface area contributed by atoms with Gasteiger partial charge in [0.1, 0.15) is 23.0 Å². The molecule has 0 saturated carbocycles. The maximum atomic E-state index is 13.2. The molecule has 2 N–H and O–H groups in total. The first-order valence-electron chi connectivity index (χ1n) is 9.94. The average molecular weight is 466 g/mol. The van der Waals surface area contributed by atoms with Gasteiger partial charge >= 0.3 is 0 Å². The number of carbonyl (C=O) groups excluding carboxylic acids is 2. The highest BCUT2D eigenvalue weighted by Gasteiger charge is 2.47. The van der Waals surface area contributed by atoms with Gasteiger partial charge in [-0.15, -0.1) is 0 Å². The summed E-state index contributed by atoms with van der Waals surface area (Å²) in [6.07, 6.45) is 0. The minimum atomic E-state index is -0.999. The lowest BCUT2D eigenvalue weighted by atomic mass is 9.94. The standard InChI is InChI=1S/C25H20ClNO6/c1-32-16-9-11-20(33-2)17(13-16)23(29)21-22(14-8-10-19(28)18(26)12-14)27(25(31)24(21)30)15-6-4-3-5-7-15/h3-13,22,28-29H,1-2H3/b23-21+. The number of hydrogen-bond acceptors (Lipinski definition) is 6. The number of methoxy groups -OCH3 is 2. The number of ketones is 1. The molecule has 1 unspecified atom stereocenters. The van der Waals surface area contributed by atoms with Crippen LogP contribution in [-0.4, -0.2) is 36.1 Å². The van der Waals surface area contributed by atoms with Crippen LogP contribution in [0.15, 0.2) is 72.3 Å². The van der Waals surface area contributed by atoms with E-state index in [9.17, 15) is 19.8 Å². The van der Waals surface area contributed by atoms with Crippen molar-refractivity contribution in [2.75, 3.05) is 19.1 Å². The highest BCUT2D eigenvalue weighted by Crippen LogP contribution is 2.44. The molecule has 1 amide bonds. The summed E-state index contributed by atoms with van der Waals surface area (Å²) in [5, 5.41) is 21.3. The zero-order valence-corrected chi connectivity index (χ0v) is 18.5. The topological polar surface area (TPSA) is 96.3 Å². The van der Waals surface area contributed by atoms with E-state index >= 15 is 0 Å². The zero-order valence-electron chi connectivity index (χ0n) is 17.8. The summed E-state index contributed by atoms with van der Waals surface area (Å²) in [5.41, 5.74) is 0.949. The van der Waals surface area contributed by atoms with Gasteiger partial charge in [0.05, 0.1) is 36.4 Å². The molecule has 0 radical (unpaired) electrons. The molecule has 1 fully saturated rings. The Morgan fingerprint density at radius 3 is 2.33 bits per heavy atom. The second-order valence-electron chi connectivity index (χ2n) is 7.28. The molecule has 8 heteroatoms. The molecule has 1 aliphatic heterocycles. The predicted octanol–water partition coefficient (Wildman–Crippen LogP) is 4.69. The number of ether oxygens (including phenoxy) is 2. The number of carbonyl (C=O) groups is 2. The van der Waals surface area contributed by atoms with Gasteiger partial charge < -0.3 is 19.7 Å². The minimum absolute atomic E-state index is 0.0464. The Labute approximate surface area is 195 Å². The van der Waals surface area contributed by atoms with Crippen LogP contribution >= 0.6 is 11.6 Å². The Hall–Kier alpha value is -3.97. The van der Waals surface area contributed by atoms with E-state index in [0.717, 1.165) is 0 Å². The first-order chi connectivity index (χ1) is 15.9. The van der Waals surface area contributed by atoms with Crippen LogP contribution in [-0.2, 0) is 9.59 Å². The fourth-order valence-corrected chi connectivity index (χ4v) is 4.03. The fraction of sp³-hybridized carbons (Fsp3) is 0.120. The van der Waals surface area contributed by atoms with Crippen molar-refractivity contribution < 1.29 is 29.3 Å². The summed E-state index contributed by atoms with van der Waals surface area (Å²) in [7, 11) is 2.90. The summed E-state index contributed by atoms with van der Waals surface area (Å²) in [6, 6.07) is 16.8. The second kappa shape index (κ2) is 8.88. The molecule has 7 nitrogen and oxygen atoms in total. The van der Waals surface area contributed by atoms with Gasteiger partial charge in [-0.3, -0.25) is 14.5 Å². The number of halogens is 1. The number of para-hydroxylation sites is 1. The molecule has 0 aliphatic carbocycles. The van der Waals surface area contributed by atoms with Crippen LogP contribution < -0.4 is 14.4 Å². The first kappa shape index (κ1) is 22.2. The van der Waals surface area contributed by atoms with E-state index in [0.29, 0.717) is 22.7 Å². The third kappa shape index (κ3) is 3.87. The van der Waals surface area contributed by atoms with Crippen LogP contribution in [0, 0.1) is 0 Å². The van der Waals surface area contributed by atoms with Crippen molar-refractivity contribution >= 4 is 34.7 Å². The number of benzene rings is 3. The Morgan fingerprint density at radius 1 is 0.970 bits per heavy atom. The van der Waals surface area contributed by atoms with Crippen LogP contribution in [0.3, 0.4) is 0 Å². The van der Waals surface area contributed by atoms with E-state index in [2.05, 4.69) is 0 Å². The number of aromatic hydroxyl groups is 1. The summed E-state index contributed by atoms with van der Waals surface area (Å²) in [5.74, 6) is -1.52. The van der Waals surface area contributed by atoms with E-state index < -0.39 is 23.5 Å². The molecule has 0 spiro atoms. The van der Waals surface area contributed by atoms with E-state index in [4.69, 9.17) is 21.1 Å². The van der Waals surface area contributed by atoms with Gasteiger partial charge in [-0.1, -0.05) is 35.9 Å². The molecule has 1 atom stereocenters. The van der Waals surface area contributed by atoms with E-state index in [1.165, 1.54) is 37.3 Å². The van der Waals surface area contributed by atoms with Crippen molar-refractivity contribution in [3.8, 4) is 17.2 Å². The maximum absolute atomic E-state index is 13.2. The Bertz CT molecular complexity index is 1270. The maximum Gasteiger partial charge on any atom is 0.300 e. The normalized spacial score (nSPS) is 17.3. The number of hydrogen-bond donors (Lipinski definition) is 2. The monoisotopic (exact) mass is 465 g/mol. The molecular weight excluding hydrogens is 446 g/mol. The Balaban J connectivity index is 2.00.